The number of carbonyl (C=O) groups excluding carboxylic acids is 1. The number of fused-ring (bicyclic) bond motifs is 1. The van der Waals surface area contributed by atoms with Crippen LogP contribution in [-0.2, 0) is 10.0 Å². The summed E-state index contributed by atoms with van der Waals surface area (Å²) >= 11 is 0. The van der Waals surface area contributed by atoms with E-state index in [0.717, 1.165) is 15.6 Å². The average molecular weight is 358 g/mol. The molecule has 3 rings (SSSR count). The molecule has 0 spiro atoms. The number of carbonyl (C=O) groups is 1. The number of rotatable bonds is 4. The van der Waals surface area contributed by atoms with Crippen molar-refractivity contribution >= 4 is 32.4 Å². The molecule has 0 atom stereocenters. The molecule has 0 aliphatic carbocycles. The van der Waals surface area contributed by atoms with Crippen LogP contribution in [0.4, 0.5) is 5.69 Å². The summed E-state index contributed by atoms with van der Waals surface area (Å²) in [5.41, 5.74) is 0.943. The molecule has 0 amide bonds. The lowest BCUT2D eigenvalue weighted by Crippen LogP contribution is -2.12. The Hall–Kier alpha value is -3.00. The van der Waals surface area contributed by atoms with Gasteiger partial charge in [-0.15, -0.1) is 0 Å². The highest BCUT2D eigenvalue weighted by atomic mass is 32.2. The van der Waals surface area contributed by atoms with Crippen LogP contribution in [0, 0.1) is 17.0 Å². The fourth-order valence-corrected chi connectivity index (χ4v) is 3.96. The van der Waals surface area contributed by atoms with Gasteiger partial charge in [0.15, 0.2) is 5.78 Å². The summed E-state index contributed by atoms with van der Waals surface area (Å²) in [6.07, 6.45) is 1.21. The first-order valence-electron chi connectivity index (χ1n) is 7.34. The quantitative estimate of drug-likeness (QED) is 0.405. The van der Waals surface area contributed by atoms with Crippen LogP contribution in [0.2, 0.25) is 0 Å². The van der Waals surface area contributed by atoms with Crippen molar-refractivity contribution in [2.24, 2.45) is 0 Å². The molecule has 0 N–H and O–H groups in total. The molecule has 8 heteroatoms. The average Bonchev–Trinajstić information content (AvgIpc) is 2.94. The lowest BCUT2D eigenvalue weighted by Gasteiger charge is -2.07. The molecule has 0 aliphatic heterocycles. The van der Waals surface area contributed by atoms with Crippen LogP contribution in [0.15, 0.2) is 53.6 Å². The molecule has 0 aliphatic rings. The van der Waals surface area contributed by atoms with E-state index >= 15 is 0 Å². The summed E-state index contributed by atoms with van der Waals surface area (Å²) < 4.78 is 26.8. The van der Waals surface area contributed by atoms with Crippen molar-refractivity contribution < 1.29 is 18.1 Å². The van der Waals surface area contributed by atoms with E-state index in [9.17, 15) is 23.3 Å². The molecule has 128 valence electrons. The Morgan fingerprint density at radius 3 is 2.32 bits per heavy atom. The Kier molecular flexibility index (Phi) is 3.92. The topological polar surface area (TPSA) is 99.3 Å². The second kappa shape index (κ2) is 5.82. The minimum absolute atomic E-state index is 0.0385. The highest BCUT2D eigenvalue weighted by Crippen LogP contribution is 2.29. The predicted molar refractivity (Wildman–Crippen MR) is 92.4 cm³/mol. The fraction of sp³-hybridized carbons (Fsp3) is 0.118. The van der Waals surface area contributed by atoms with Gasteiger partial charge in [0.2, 0.25) is 0 Å². The standard InChI is InChI=1S/C17H14N2O5S/c1-11-3-6-14(7-4-11)25(23,24)18-10-16(12(2)20)15-8-5-13(19(21)22)9-17(15)18/h3-10H,1-2H3. The number of ketones is 1. The molecule has 0 unspecified atom stereocenters. The number of Topliss-reactive ketones (excluding diaryl/α,β-unsaturated/α-hetero) is 1. The molecule has 0 fully saturated rings. The van der Waals surface area contributed by atoms with Crippen molar-refractivity contribution in [3.63, 3.8) is 0 Å². The van der Waals surface area contributed by atoms with Crippen LogP contribution in [0.5, 0.6) is 0 Å². The number of nitro groups is 1. The maximum Gasteiger partial charge on any atom is 0.271 e. The number of aryl methyl sites for hydroxylation is 1. The Labute approximate surface area is 143 Å². The van der Waals surface area contributed by atoms with Crippen molar-refractivity contribution in [3.05, 3.63) is 69.9 Å². The Morgan fingerprint density at radius 1 is 1.12 bits per heavy atom. The lowest BCUT2D eigenvalue weighted by molar-refractivity contribution is -0.384. The van der Waals surface area contributed by atoms with Crippen LogP contribution in [0.25, 0.3) is 10.9 Å². The molecule has 25 heavy (non-hydrogen) atoms. The van der Waals surface area contributed by atoms with Gasteiger partial charge in [-0.25, -0.2) is 12.4 Å². The second-order valence-corrected chi connectivity index (χ2v) is 7.49. The molecular formula is C17H14N2O5S. The van der Waals surface area contributed by atoms with E-state index in [0.29, 0.717) is 5.39 Å². The van der Waals surface area contributed by atoms with Crippen LogP contribution in [0.1, 0.15) is 22.8 Å². The molecule has 0 saturated carbocycles. The van der Waals surface area contributed by atoms with Gasteiger partial charge in [-0.2, -0.15) is 0 Å². The van der Waals surface area contributed by atoms with Crippen LogP contribution in [-0.4, -0.2) is 23.1 Å². The second-order valence-electron chi connectivity index (χ2n) is 5.67. The summed E-state index contributed by atoms with van der Waals surface area (Å²) in [5, 5.41) is 11.4. The number of benzene rings is 2. The van der Waals surface area contributed by atoms with Crippen molar-refractivity contribution in [2.45, 2.75) is 18.7 Å². The number of hydrogen-bond donors (Lipinski definition) is 0. The van der Waals surface area contributed by atoms with E-state index in [4.69, 9.17) is 0 Å². The third-order valence-electron chi connectivity index (χ3n) is 3.92. The van der Waals surface area contributed by atoms with Crippen molar-refractivity contribution in [1.29, 1.82) is 0 Å². The number of nitro benzene ring substituents is 1. The van der Waals surface area contributed by atoms with Crippen molar-refractivity contribution in [2.75, 3.05) is 0 Å². The molecule has 1 heterocycles. The van der Waals surface area contributed by atoms with Gasteiger partial charge in [-0.1, -0.05) is 17.7 Å². The molecule has 7 nitrogen and oxygen atoms in total. The highest BCUT2D eigenvalue weighted by Gasteiger charge is 2.24. The van der Waals surface area contributed by atoms with Gasteiger partial charge in [0.1, 0.15) is 0 Å². The van der Waals surface area contributed by atoms with Gasteiger partial charge in [0, 0.05) is 29.3 Å². The van der Waals surface area contributed by atoms with Gasteiger partial charge in [-0.3, -0.25) is 14.9 Å². The summed E-state index contributed by atoms with van der Waals surface area (Å²) in [7, 11) is -4.00. The third kappa shape index (κ3) is 2.80. The Bertz CT molecular complexity index is 1110. The predicted octanol–water partition coefficient (Wildman–Crippen LogP) is 3.30. The van der Waals surface area contributed by atoms with E-state index in [2.05, 4.69) is 0 Å². The van der Waals surface area contributed by atoms with E-state index in [-0.39, 0.29) is 27.4 Å². The van der Waals surface area contributed by atoms with Gasteiger partial charge in [0.05, 0.1) is 15.3 Å². The van der Waals surface area contributed by atoms with Crippen molar-refractivity contribution in [3.8, 4) is 0 Å². The van der Waals surface area contributed by atoms with Crippen molar-refractivity contribution in [1.82, 2.24) is 3.97 Å². The van der Waals surface area contributed by atoms with Gasteiger partial charge >= 0.3 is 0 Å². The zero-order valence-electron chi connectivity index (χ0n) is 13.5. The Balaban J connectivity index is 2.34. The zero-order valence-corrected chi connectivity index (χ0v) is 14.3. The van der Waals surface area contributed by atoms with Crippen LogP contribution >= 0.6 is 0 Å². The summed E-state index contributed by atoms with van der Waals surface area (Å²) in [4.78, 5) is 22.3. The maximum atomic E-state index is 13.0. The number of non-ortho nitro benzene ring substituents is 1. The summed E-state index contributed by atoms with van der Waals surface area (Å²) in [6, 6.07) is 10.0. The third-order valence-corrected chi connectivity index (χ3v) is 5.61. The normalized spacial score (nSPS) is 11.6. The minimum atomic E-state index is -4.00. The van der Waals surface area contributed by atoms with Gasteiger partial charge < -0.3 is 0 Å². The smallest absolute Gasteiger partial charge is 0.271 e. The first kappa shape index (κ1) is 16.8. The fourth-order valence-electron chi connectivity index (χ4n) is 2.60. The van der Waals surface area contributed by atoms with E-state index < -0.39 is 14.9 Å². The molecule has 0 saturated heterocycles. The monoisotopic (exact) mass is 358 g/mol. The number of nitrogens with zero attached hydrogens (tertiary/aromatic N) is 2. The summed E-state index contributed by atoms with van der Waals surface area (Å²) in [6.45, 7) is 3.15. The van der Waals surface area contributed by atoms with E-state index in [1.165, 1.54) is 37.4 Å². The maximum absolute atomic E-state index is 13.0. The minimum Gasteiger partial charge on any atom is -0.294 e. The number of aromatic nitrogens is 1. The molecule has 2 aromatic carbocycles. The van der Waals surface area contributed by atoms with Crippen LogP contribution < -0.4 is 0 Å². The molecule has 3 aromatic rings. The van der Waals surface area contributed by atoms with E-state index in [1.807, 2.05) is 6.92 Å². The molecule has 0 bridgehead atoms. The molecule has 0 radical (unpaired) electrons. The molecular weight excluding hydrogens is 344 g/mol. The summed E-state index contributed by atoms with van der Waals surface area (Å²) in [5.74, 6) is -0.322. The first-order chi connectivity index (χ1) is 11.7. The SMILES string of the molecule is CC(=O)c1cn(S(=O)(=O)c2ccc(C)cc2)c2cc([N+](=O)[O-])ccc12. The largest absolute Gasteiger partial charge is 0.294 e. The molecule has 1 aromatic heterocycles. The van der Waals surface area contributed by atoms with Gasteiger partial charge in [0.25, 0.3) is 15.7 Å². The zero-order chi connectivity index (χ0) is 18.4. The van der Waals surface area contributed by atoms with Gasteiger partial charge in [-0.05, 0) is 32.0 Å². The van der Waals surface area contributed by atoms with E-state index in [1.54, 1.807) is 12.1 Å². The highest BCUT2D eigenvalue weighted by molar-refractivity contribution is 7.90. The Morgan fingerprint density at radius 2 is 1.76 bits per heavy atom. The lowest BCUT2D eigenvalue weighted by atomic mass is 10.1. The number of hydrogen-bond acceptors (Lipinski definition) is 5. The van der Waals surface area contributed by atoms with Crippen LogP contribution in [0.3, 0.4) is 0 Å². The first-order valence-corrected chi connectivity index (χ1v) is 8.78.